The largest absolute Gasteiger partial charge is 0.350 e. The molecule has 4 aromatic carbocycles. The van der Waals surface area contributed by atoms with Crippen LogP contribution in [0.2, 0.25) is 0 Å². The van der Waals surface area contributed by atoms with Crippen LogP contribution in [0.25, 0.3) is 11.0 Å². The Morgan fingerprint density at radius 2 is 1.47 bits per heavy atom. The minimum Gasteiger partial charge on any atom is -0.350 e. The van der Waals surface area contributed by atoms with Gasteiger partial charge >= 0.3 is 0 Å². The highest BCUT2D eigenvalue weighted by Gasteiger charge is 2.32. The highest BCUT2D eigenvalue weighted by Crippen LogP contribution is 2.25. The zero-order valence-corrected chi connectivity index (χ0v) is 20.6. The molecule has 1 heterocycles. The van der Waals surface area contributed by atoms with Gasteiger partial charge in [0.1, 0.15) is 23.9 Å². The number of aromatic nitrogens is 3. The van der Waals surface area contributed by atoms with Gasteiger partial charge in [0.2, 0.25) is 11.8 Å². The van der Waals surface area contributed by atoms with E-state index in [4.69, 9.17) is 0 Å². The number of fused-ring (bicyclic) bond motifs is 1. The van der Waals surface area contributed by atoms with E-state index in [0.717, 1.165) is 16.6 Å². The molecule has 0 saturated heterocycles. The Morgan fingerprint density at radius 1 is 0.816 bits per heavy atom. The van der Waals surface area contributed by atoms with Gasteiger partial charge in [-0.3, -0.25) is 9.59 Å². The first-order chi connectivity index (χ1) is 18.6. The number of carbonyl (C=O) groups is 2. The van der Waals surface area contributed by atoms with Crippen molar-refractivity contribution in [3.8, 4) is 0 Å². The highest BCUT2D eigenvalue weighted by molar-refractivity contribution is 5.89. The number of para-hydroxylation sites is 1. The van der Waals surface area contributed by atoms with E-state index in [-0.39, 0.29) is 37.3 Å². The standard InChI is InChI=1S/C30H26FN5O2/c31-25-17-15-22(16-18-25)19-32-30(38)29(24-11-5-2-6-12-24)35(20-23-9-3-1-4-10-23)28(37)21-36-27-14-8-7-13-26(27)33-34-36/h1-18,29H,19-21H2,(H,32,38)/t29-/m0/s1. The van der Waals surface area contributed by atoms with Gasteiger partial charge in [0, 0.05) is 13.1 Å². The van der Waals surface area contributed by atoms with Gasteiger partial charge in [-0.2, -0.15) is 0 Å². The number of amides is 2. The van der Waals surface area contributed by atoms with Gasteiger partial charge in [-0.25, -0.2) is 9.07 Å². The molecule has 0 aliphatic rings. The van der Waals surface area contributed by atoms with E-state index in [1.807, 2.05) is 84.9 Å². The maximum atomic E-state index is 13.9. The second kappa shape index (κ2) is 11.5. The quantitative estimate of drug-likeness (QED) is 0.315. The predicted molar refractivity (Wildman–Crippen MR) is 142 cm³/mol. The Bertz CT molecular complexity index is 1520. The zero-order valence-electron chi connectivity index (χ0n) is 20.6. The number of hydrogen-bond donors (Lipinski definition) is 1. The molecule has 8 heteroatoms. The van der Waals surface area contributed by atoms with Crippen molar-refractivity contribution in [2.24, 2.45) is 0 Å². The molecule has 1 N–H and O–H groups in total. The zero-order chi connectivity index (χ0) is 26.3. The first-order valence-corrected chi connectivity index (χ1v) is 12.3. The lowest BCUT2D eigenvalue weighted by Gasteiger charge is -2.31. The molecule has 5 aromatic rings. The minimum absolute atomic E-state index is 0.0814. The Labute approximate surface area is 219 Å². The molecule has 5 rings (SSSR count). The summed E-state index contributed by atoms with van der Waals surface area (Å²) >= 11 is 0. The van der Waals surface area contributed by atoms with Gasteiger partial charge in [-0.15, -0.1) is 5.10 Å². The molecule has 0 spiro atoms. The van der Waals surface area contributed by atoms with Crippen molar-refractivity contribution in [3.63, 3.8) is 0 Å². The lowest BCUT2D eigenvalue weighted by molar-refractivity contribution is -0.142. The third-order valence-electron chi connectivity index (χ3n) is 6.28. The van der Waals surface area contributed by atoms with Crippen LogP contribution in [0.3, 0.4) is 0 Å². The van der Waals surface area contributed by atoms with Crippen LogP contribution in [0.1, 0.15) is 22.7 Å². The molecule has 0 aliphatic carbocycles. The Morgan fingerprint density at radius 3 is 2.21 bits per heavy atom. The Hall–Kier alpha value is -4.85. The van der Waals surface area contributed by atoms with Gasteiger partial charge in [0.25, 0.3) is 0 Å². The lowest BCUT2D eigenvalue weighted by atomic mass is 10.0. The third kappa shape index (κ3) is 5.75. The summed E-state index contributed by atoms with van der Waals surface area (Å²) in [6.45, 7) is 0.335. The van der Waals surface area contributed by atoms with E-state index < -0.39 is 6.04 Å². The first kappa shape index (κ1) is 24.8. The molecule has 38 heavy (non-hydrogen) atoms. The molecule has 0 radical (unpaired) electrons. The summed E-state index contributed by atoms with van der Waals surface area (Å²) in [5.74, 6) is -0.967. The molecular formula is C30H26FN5O2. The van der Waals surface area contributed by atoms with Crippen LogP contribution >= 0.6 is 0 Å². The van der Waals surface area contributed by atoms with E-state index in [0.29, 0.717) is 11.1 Å². The molecule has 0 unspecified atom stereocenters. The predicted octanol–water partition coefficient (Wildman–Crippen LogP) is 4.66. The fraction of sp³-hybridized carbons (Fsp3) is 0.133. The van der Waals surface area contributed by atoms with Crippen LogP contribution in [-0.2, 0) is 29.2 Å². The molecule has 0 fully saturated rings. The maximum Gasteiger partial charge on any atom is 0.247 e. The minimum atomic E-state index is -0.904. The van der Waals surface area contributed by atoms with Crippen LogP contribution in [0.4, 0.5) is 4.39 Å². The normalized spacial score (nSPS) is 11.7. The summed E-state index contributed by atoms with van der Waals surface area (Å²) in [5, 5.41) is 11.3. The van der Waals surface area contributed by atoms with Crippen molar-refractivity contribution in [1.82, 2.24) is 25.2 Å². The molecule has 2 amide bonds. The molecule has 1 aromatic heterocycles. The van der Waals surface area contributed by atoms with Crippen LogP contribution in [0.15, 0.2) is 109 Å². The summed E-state index contributed by atoms with van der Waals surface area (Å²) in [6, 6.07) is 31.2. The van der Waals surface area contributed by atoms with E-state index in [9.17, 15) is 14.0 Å². The van der Waals surface area contributed by atoms with Gasteiger partial charge in [0.05, 0.1) is 5.52 Å². The monoisotopic (exact) mass is 507 g/mol. The van der Waals surface area contributed by atoms with Crippen molar-refractivity contribution in [1.29, 1.82) is 0 Å². The highest BCUT2D eigenvalue weighted by atomic mass is 19.1. The second-order valence-electron chi connectivity index (χ2n) is 8.90. The number of nitrogens with zero attached hydrogens (tertiary/aromatic N) is 4. The summed E-state index contributed by atoms with van der Waals surface area (Å²) in [6.07, 6.45) is 0. The second-order valence-corrected chi connectivity index (χ2v) is 8.90. The van der Waals surface area contributed by atoms with E-state index >= 15 is 0 Å². The molecular weight excluding hydrogens is 481 g/mol. The summed E-state index contributed by atoms with van der Waals surface area (Å²) in [4.78, 5) is 29.2. The van der Waals surface area contributed by atoms with Crippen molar-refractivity contribution in [3.05, 3.63) is 132 Å². The molecule has 7 nitrogen and oxygen atoms in total. The van der Waals surface area contributed by atoms with Crippen molar-refractivity contribution in [2.75, 3.05) is 0 Å². The summed E-state index contributed by atoms with van der Waals surface area (Å²) < 4.78 is 14.9. The summed E-state index contributed by atoms with van der Waals surface area (Å²) in [5.41, 5.74) is 3.74. The van der Waals surface area contributed by atoms with Crippen molar-refractivity contribution >= 4 is 22.8 Å². The smallest absolute Gasteiger partial charge is 0.247 e. The molecule has 0 aliphatic heterocycles. The van der Waals surface area contributed by atoms with E-state index in [1.54, 1.807) is 21.7 Å². The Balaban J connectivity index is 1.48. The number of nitrogens with one attached hydrogen (secondary N) is 1. The maximum absolute atomic E-state index is 13.9. The number of rotatable bonds is 9. The van der Waals surface area contributed by atoms with Gasteiger partial charge in [0.15, 0.2) is 0 Å². The number of benzene rings is 4. The van der Waals surface area contributed by atoms with Gasteiger partial charge in [-0.1, -0.05) is 90.1 Å². The topological polar surface area (TPSA) is 80.1 Å². The molecule has 190 valence electrons. The van der Waals surface area contributed by atoms with E-state index in [2.05, 4.69) is 15.6 Å². The molecule has 1 atom stereocenters. The molecule has 0 saturated carbocycles. The van der Waals surface area contributed by atoms with Crippen LogP contribution in [0, 0.1) is 5.82 Å². The fourth-order valence-corrected chi connectivity index (χ4v) is 4.35. The van der Waals surface area contributed by atoms with Gasteiger partial charge in [-0.05, 0) is 41.0 Å². The van der Waals surface area contributed by atoms with Crippen molar-refractivity contribution in [2.45, 2.75) is 25.7 Å². The van der Waals surface area contributed by atoms with E-state index in [1.165, 1.54) is 12.1 Å². The first-order valence-electron chi connectivity index (χ1n) is 12.3. The van der Waals surface area contributed by atoms with Crippen LogP contribution in [-0.4, -0.2) is 31.7 Å². The van der Waals surface area contributed by atoms with Crippen LogP contribution < -0.4 is 5.32 Å². The average Bonchev–Trinajstić information content (AvgIpc) is 3.36. The summed E-state index contributed by atoms with van der Waals surface area (Å²) in [7, 11) is 0. The van der Waals surface area contributed by atoms with Crippen LogP contribution in [0.5, 0.6) is 0 Å². The Kier molecular flexibility index (Phi) is 7.49. The average molecular weight is 508 g/mol. The number of halogens is 1. The number of carbonyl (C=O) groups excluding carboxylic acids is 2. The molecule has 0 bridgehead atoms. The third-order valence-corrected chi connectivity index (χ3v) is 6.28. The lowest BCUT2D eigenvalue weighted by Crippen LogP contribution is -2.44. The van der Waals surface area contributed by atoms with Gasteiger partial charge < -0.3 is 10.2 Å². The SMILES string of the molecule is O=C(NCc1ccc(F)cc1)[C@H](c1ccccc1)N(Cc1ccccc1)C(=O)Cn1nnc2ccccc21. The van der Waals surface area contributed by atoms with Crippen molar-refractivity contribution < 1.29 is 14.0 Å². The number of hydrogen-bond acceptors (Lipinski definition) is 4. The fourth-order valence-electron chi connectivity index (χ4n) is 4.35.